The highest BCUT2D eigenvalue weighted by molar-refractivity contribution is 7.87. The number of alkyl halides is 1. The third-order valence-electron chi connectivity index (χ3n) is 1.75. The lowest BCUT2D eigenvalue weighted by atomic mass is 10.4. The van der Waals surface area contributed by atoms with E-state index in [9.17, 15) is 8.42 Å². The minimum atomic E-state index is -3.17. The zero-order valence-electron chi connectivity index (χ0n) is 6.79. The Morgan fingerprint density at radius 1 is 1.50 bits per heavy atom. The Hall–Kier alpha value is 0.160. The summed E-state index contributed by atoms with van der Waals surface area (Å²) in [5.74, 6) is 0.506. The first kappa shape index (κ1) is 10.2. The Morgan fingerprint density at radius 2 is 2.25 bits per heavy atom. The molecule has 1 aliphatic rings. The largest absolute Gasteiger partial charge is 0.279 e. The SMILES string of the molecule is O=S1(=O)NCCCN1CCCCl. The number of nitrogens with zero attached hydrogens (tertiary/aromatic N) is 1. The predicted molar refractivity (Wildman–Crippen MR) is 48.4 cm³/mol. The Kier molecular flexibility index (Phi) is 3.77. The predicted octanol–water partition coefficient (Wildman–Crippen LogP) is 0.155. The normalized spacial score (nSPS) is 24.1. The van der Waals surface area contributed by atoms with E-state index >= 15 is 0 Å². The molecule has 0 amide bonds. The first-order valence-corrected chi connectivity index (χ1v) is 5.95. The summed E-state index contributed by atoms with van der Waals surface area (Å²) in [7, 11) is -3.17. The molecule has 0 bridgehead atoms. The van der Waals surface area contributed by atoms with Crippen LogP contribution in [0.15, 0.2) is 0 Å². The molecule has 0 atom stereocenters. The summed E-state index contributed by atoms with van der Waals surface area (Å²) in [6.45, 7) is 1.70. The maximum absolute atomic E-state index is 11.3. The molecule has 0 aromatic heterocycles. The van der Waals surface area contributed by atoms with Gasteiger partial charge in [-0.3, -0.25) is 0 Å². The van der Waals surface area contributed by atoms with Gasteiger partial charge >= 0.3 is 0 Å². The molecule has 0 spiro atoms. The Balaban J connectivity index is 2.49. The third kappa shape index (κ3) is 2.58. The average Bonchev–Trinajstić information content (AvgIpc) is 2.02. The highest BCUT2D eigenvalue weighted by Gasteiger charge is 2.23. The summed E-state index contributed by atoms with van der Waals surface area (Å²) in [6.07, 6.45) is 1.59. The number of nitrogens with one attached hydrogen (secondary N) is 1. The van der Waals surface area contributed by atoms with Gasteiger partial charge in [-0.15, -0.1) is 11.6 Å². The number of hydrogen-bond donors (Lipinski definition) is 1. The van der Waals surface area contributed by atoms with Crippen LogP contribution in [0.3, 0.4) is 0 Å². The van der Waals surface area contributed by atoms with Gasteiger partial charge in [0.2, 0.25) is 0 Å². The third-order valence-corrected chi connectivity index (χ3v) is 3.63. The molecule has 1 heterocycles. The average molecular weight is 213 g/mol. The lowest BCUT2D eigenvalue weighted by Crippen LogP contribution is -2.47. The van der Waals surface area contributed by atoms with E-state index in [1.54, 1.807) is 0 Å². The minimum absolute atomic E-state index is 0.506. The van der Waals surface area contributed by atoms with Crippen molar-refractivity contribution >= 4 is 21.8 Å². The molecule has 0 unspecified atom stereocenters. The van der Waals surface area contributed by atoms with Crippen molar-refractivity contribution in [1.82, 2.24) is 9.03 Å². The number of rotatable bonds is 3. The summed E-state index contributed by atoms with van der Waals surface area (Å²) in [5, 5.41) is 0. The van der Waals surface area contributed by atoms with Crippen molar-refractivity contribution in [1.29, 1.82) is 0 Å². The van der Waals surface area contributed by atoms with Crippen LogP contribution in [0.4, 0.5) is 0 Å². The second kappa shape index (κ2) is 4.41. The molecule has 6 heteroatoms. The summed E-state index contributed by atoms with van der Waals surface area (Å²) >= 11 is 5.47. The Bertz CT molecular complexity index is 230. The summed E-state index contributed by atoms with van der Waals surface area (Å²) in [5.41, 5.74) is 0. The standard InChI is InChI=1S/C6H13ClN2O2S/c7-3-1-5-9-6-2-4-8-12(9,10)11/h8H,1-6H2. The van der Waals surface area contributed by atoms with Crippen molar-refractivity contribution in [2.24, 2.45) is 0 Å². The van der Waals surface area contributed by atoms with Gasteiger partial charge in [0.05, 0.1) is 0 Å². The van der Waals surface area contributed by atoms with Crippen LogP contribution in [-0.4, -0.2) is 38.2 Å². The maximum Gasteiger partial charge on any atom is 0.279 e. The number of halogens is 1. The van der Waals surface area contributed by atoms with Crippen LogP contribution in [-0.2, 0) is 10.2 Å². The van der Waals surface area contributed by atoms with Crippen molar-refractivity contribution < 1.29 is 8.42 Å². The van der Waals surface area contributed by atoms with Gasteiger partial charge in [0.15, 0.2) is 0 Å². The summed E-state index contributed by atoms with van der Waals surface area (Å²) in [4.78, 5) is 0. The molecule has 1 fully saturated rings. The van der Waals surface area contributed by atoms with Crippen LogP contribution in [0.1, 0.15) is 12.8 Å². The van der Waals surface area contributed by atoms with Crippen LogP contribution in [0, 0.1) is 0 Å². The van der Waals surface area contributed by atoms with Crippen LogP contribution >= 0.6 is 11.6 Å². The van der Waals surface area contributed by atoms with Crippen LogP contribution < -0.4 is 4.72 Å². The van der Waals surface area contributed by atoms with Gasteiger partial charge in [-0.05, 0) is 12.8 Å². The van der Waals surface area contributed by atoms with Gasteiger partial charge in [-0.2, -0.15) is 12.7 Å². The van der Waals surface area contributed by atoms with Crippen molar-refractivity contribution in [3.8, 4) is 0 Å². The topological polar surface area (TPSA) is 49.4 Å². The van der Waals surface area contributed by atoms with Crippen molar-refractivity contribution in [3.05, 3.63) is 0 Å². The van der Waals surface area contributed by atoms with Gasteiger partial charge in [-0.25, -0.2) is 4.72 Å². The molecule has 1 rings (SSSR count). The molecule has 1 saturated heterocycles. The molecule has 0 radical (unpaired) electrons. The smallest absolute Gasteiger partial charge is 0.202 e. The zero-order chi connectivity index (χ0) is 9.03. The summed E-state index contributed by atoms with van der Waals surface area (Å²) in [6, 6.07) is 0. The molecule has 0 aliphatic carbocycles. The first-order chi connectivity index (χ1) is 5.67. The van der Waals surface area contributed by atoms with Gasteiger partial charge < -0.3 is 0 Å². The maximum atomic E-state index is 11.3. The molecular formula is C6H13ClN2O2S. The fourth-order valence-electron chi connectivity index (χ4n) is 1.14. The van der Waals surface area contributed by atoms with Crippen LogP contribution in [0.2, 0.25) is 0 Å². The molecular weight excluding hydrogens is 200 g/mol. The van der Waals surface area contributed by atoms with E-state index in [-0.39, 0.29) is 0 Å². The fraction of sp³-hybridized carbons (Fsp3) is 1.00. The van der Waals surface area contributed by atoms with Gasteiger partial charge in [0.25, 0.3) is 10.2 Å². The Morgan fingerprint density at radius 3 is 2.83 bits per heavy atom. The first-order valence-electron chi connectivity index (χ1n) is 3.97. The lowest BCUT2D eigenvalue weighted by Gasteiger charge is -2.26. The minimum Gasteiger partial charge on any atom is -0.202 e. The number of hydrogen-bond acceptors (Lipinski definition) is 2. The van der Waals surface area contributed by atoms with E-state index in [0.29, 0.717) is 31.9 Å². The van der Waals surface area contributed by atoms with Crippen LogP contribution in [0.25, 0.3) is 0 Å². The van der Waals surface area contributed by atoms with E-state index in [1.165, 1.54) is 4.31 Å². The van der Waals surface area contributed by atoms with E-state index in [2.05, 4.69) is 4.72 Å². The monoisotopic (exact) mass is 212 g/mol. The van der Waals surface area contributed by atoms with Crippen molar-refractivity contribution in [2.45, 2.75) is 12.8 Å². The van der Waals surface area contributed by atoms with Crippen LogP contribution in [0.5, 0.6) is 0 Å². The van der Waals surface area contributed by atoms with E-state index in [0.717, 1.165) is 6.42 Å². The van der Waals surface area contributed by atoms with Crippen molar-refractivity contribution in [3.63, 3.8) is 0 Å². The molecule has 0 aromatic carbocycles. The molecule has 4 nitrogen and oxygen atoms in total. The molecule has 12 heavy (non-hydrogen) atoms. The van der Waals surface area contributed by atoms with E-state index in [4.69, 9.17) is 11.6 Å². The van der Waals surface area contributed by atoms with Gasteiger partial charge in [-0.1, -0.05) is 0 Å². The lowest BCUT2D eigenvalue weighted by molar-refractivity contribution is 0.375. The second-order valence-corrected chi connectivity index (χ2v) is 4.83. The zero-order valence-corrected chi connectivity index (χ0v) is 8.36. The Labute approximate surface area is 78.1 Å². The highest BCUT2D eigenvalue weighted by Crippen LogP contribution is 2.06. The molecule has 0 aromatic rings. The van der Waals surface area contributed by atoms with E-state index in [1.807, 2.05) is 0 Å². The molecule has 1 N–H and O–H groups in total. The molecule has 0 saturated carbocycles. The van der Waals surface area contributed by atoms with Crippen molar-refractivity contribution in [2.75, 3.05) is 25.5 Å². The summed E-state index contributed by atoms with van der Waals surface area (Å²) < 4.78 is 26.4. The van der Waals surface area contributed by atoms with E-state index < -0.39 is 10.2 Å². The molecule has 72 valence electrons. The quantitative estimate of drug-likeness (QED) is 0.678. The van der Waals surface area contributed by atoms with Gasteiger partial charge in [0.1, 0.15) is 0 Å². The fourth-order valence-corrected chi connectivity index (χ4v) is 2.58. The second-order valence-electron chi connectivity index (χ2n) is 2.69. The molecule has 1 aliphatic heterocycles. The van der Waals surface area contributed by atoms with Gasteiger partial charge in [0, 0.05) is 25.5 Å². The highest BCUT2D eigenvalue weighted by atomic mass is 35.5.